The van der Waals surface area contributed by atoms with Gasteiger partial charge in [0, 0.05) is 23.2 Å². The van der Waals surface area contributed by atoms with Gasteiger partial charge in [0.05, 0.1) is 18.3 Å². The minimum Gasteiger partial charge on any atom is -0.349 e. The normalized spacial score (nSPS) is 25.1. The molecule has 4 rings (SSSR count). The highest BCUT2D eigenvalue weighted by molar-refractivity contribution is 6.31. The van der Waals surface area contributed by atoms with E-state index in [9.17, 15) is 27.6 Å². The van der Waals surface area contributed by atoms with Crippen molar-refractivity contribution < 1.29 is 27.6 Å². The third-order valence-corrected chi connectivity index (χ3v) is 6.97. The number of halogens is 4. The zero-order chi connectivity index (χ0) is 26.4. The predicted molar refractivity (Wildman–Crippen MR) is 127 cm³/mol. The standard InChI is InChI=1S/C24H25ClF3N5O3/c1-13-11-32(2)21(33(13)3)23(20(35)30-22(36)31-23)12-29-19(34)18-10-16(25)8-9-17(18)14-4-6-15(7-5-14)24(26,27)28/h4-10,13,21H,11-12H2,1-3H3,(H,29,34)(H2,30,31,35,36). The third-order valence-electron chi connectivity index (χ3n) is 6.74. The molecule has 8 nitrogen and oxygen atoms in total. The fraction of sp³-hybridized carbons (Fsp3) is 0.375. The van der Waals surface area contributed by atoms with Gasteiger partial charge < -0.3 is 10.6 Å². The zero-order valence-corrected chi connectivity index (χ0v) is 20.5. The number of hydrogen-bond donors (Lipinski definition) is 3. The number of rotatable bonds is 5. The molecule has 0 spiro atoms. The molecule has 2 aliphatic rings. The average Bonchev–Trinajstić information content (AvgIpc) is 3.24. The van der Waals surface area contributed by atoms with Crippen molar-refractivity contribution >= 4 is 29.4 Å². The molecule has 3 N–H and O–H groups in total. The average molecular weight is 524 g/mol. The molecular weight excluding hydrogens is 499 g/mol. The Hall–Kier alpha value is -3.15. The molecule has 3 atom stereocenters. The lowest BCUT2D eigenvalue weighted by Crippen LogP contribution is -2.68. The minimum atomic E-state index is -4.49. The van der Waals surface area contributed by atoms with Gasteiger partial charge in [-0.2, -0.15) is 13.2 Å². The van der Waals surface area contributed by atoms with E-state index in [1.54, 1.807) is 6.07 Å². The summed E-state index contributed by atoms with van der Waals surface area (Å²) in [5.74, 6) is -1.17. The summed E-state index contributed by atoms with van der Waals surface area (Å²) in [5.41, 5.74) is -1.41. The molecular formula is C24H25ClF3N5O3. The molecule has 2 aliphatic heterocycles. The first-order valence-corrected chi connectivity index (χ1v) is 11.5. The number of nitrogens with one attached hydrogen (secondary N) is 3. The monoisotopic (exact) mass is 523 g/mol. The predicted octanol–water partition coefficient (Wildman–Crippen LogP) is 2.93. The van der Waals surface area contributed by atoms with Crippen LogP contribution in [-0.2, 0) is 11.0 Å². The van der Waals surface area contributed by atoms with Crippen LogP contribution in [0.2, 0.25) is 5.02 Å². The van der Waals surface area contributed by atoms with Gasteiger partial charge in [-0.05, 0) is 56.4 Å². The summed E-state index contributed by atoms with van der Waals surface area (Å²) in [7, 11) is 3.66. The number of urea groups is 1. The molecule has 3 unspecified atom stereocenters. The summed E-state index contributed by atoms with van der Waals surface area (Å²) in [6, 6.07) is 8.33. The fourth-order valence-electron chi connectivity index (χ4n) is 4.93. The largest absolute Gasteiger partial charge is 0.416 e. The number of amides is 4. The van der Waals surface area contributed by atoms with E-state index in [0.29, 0.717) is 17.7 Å². The fourth-order valence-corrected chi connectivity index (χ4v) is 5.11. The first kappa shape index (κ1) is 25.9. The maximum Gasteiger partial charge on any atom is 0.416 e. The molecule has 2 heterocycles. The first-order valence-electron chi connectivity index (χ1n) is 11.1. The van der Waals surface area contributed by atoms with Crippen LogP contribution in [-0.4, -0.2) is 72.6 Å². The van der Waals surface area contributed by atoms with Crippen molar-refractivity contribution in [1.29, 1.82) is 0 Å². The molecule has 12 heteroatoms. The Bertz CT molecular complexity index is 1210. The third kappa shape index (κ3) is 4.65. The number of hydrogen-bond acceptors (Lipinski definition) is 5. The van der Waals surface area contributed by atoms with Crippen molar-refractivity contribution in [2.24, 2.45) is 0 Å². The summed E-state index contributed by atoms with van der Waals surface area (Å²) in [4.78, 5) is 42.3. The van der Waals surface area contributed by atoms with E-state index < -0.39 is 41.3 Å². The van der Waals surface area contributed by atoms with Crippen molar-refractivity contribution in [2.45, 2.75) is 30.8 Å². The molecule has 4 amide bonds. The number of carbonyl (C=O) groups is 3. The van der Waals surface area contributed by atoms with E-state index in [1.165, 1.54) is 24.3 Å². The van der Waals surface area contributed by atoms with Gasteiger partial charge >= 0.3 is 12.2 Å². The van der Waals surface area contributed by atoms with Crippen LogP contribution in [0.25, 0.3) is 11.1 Å². The molecule has 2 fully saturated rings. The Morgan fingerprint density at radius 3 is 2.36 bits per heavy atom. The number of imide groups is 1. The summed E-state index contributed by atoms with van der Waals surface area (Å²) >= 11 is 6.13. The second-order valence-corrected chi connectivity index (χ2v) is 9.59. The molecule has 2 aromatic rings. The Balaban J connectivity index is 1.64. The summed E-state index contributed by atoms with van der Waals surface area (Å²) in [6.07, 6.45) is -5.02. The summed E-state index contributed by atoms with van der Waals surface area (Å²) in [5, 5.41) is 7.94. The number of carbonyl (C=O) groups excluding carboxylic acids is 3. The van der Waals surface area contributed by atoms with E-state index >= 15 is 0 Å². The van der Waals surface area contributed by atoms with E-state index in [4.69, 9.17) is 11.6 Å². The Kier molecular flexibility index (Phi) is 6.76. The van der Waals surface area contributed by atoms with Gasteiger partial charge in [-0.25, -0.2) is 4.79 Å². The Morgan fingerprint density at radius 1 is 1.17 bits per heavy atom. The van der Waals surface area contributed by atoms with Gasteiger partial charge in [0.15, 0.2) is 5.54 Å². The highest BCUT2D eigenvalue weighted by Gasteiger charge is 2.57. The van der Waals surface area contributed by atoms with Crippen LogP contribution in [0.15, 0.2) is 42.5 Å². The lowest BCUT2D eigenvalue weighted by atomic mass is 9.93. The quantitative estimate of drug-likeness (QED) is 0.524. The van der Waals surface area contributed by atoms with Gasteiger partial charge in [0.1, 0.15) is 0 Å². The van der Waals surface area contributed by atoms with Crippen molar-refractivity contribution in [1.82, 2.24) is 25.8 Å². The second kappa shape index (κ2) is 9.38. The Morgan fingerprint density at radius 2 is 1.83 bits per heavy atom. The van der Waals surface area contributed by atoms with E-state index in [1.807, 2.05) is 30.8 Å². The second-order valence-electron chi connectivity index (χ2n) is 9.16. The van der Waals surface area contributed by atoms with E-state index in [-0.39, 0.29) is 23.2 Å². The van der Waals surface area contributed by atoms with Crippen molar-refractivity contribution in [3.05, 3.63) is 58.6 Å². The molecule has 2 saturated heterocycles. The van der Waals surface area contributed by atoms with E-state index in [2.05, 4.69) is 16.0 Å². The number of likely N-dealkylation sites (N-methyl/N-ethyl adjacent to an activating group) is 2. The topological polar surface area (TPSA) is 93.8 Å². The molecule has 0 saturated carbocycles. The van der Waals surface area contributed by atoms with Crippen LogP contribution in [0.3, 0.4) is 0 Å². The molecule has 0 aliphatic carbocycles. The first-order chi connectivity index (χ1) is 16.8. The highest BCUT2D eigenvalue weighted by atomic mass is 35.5. The van der Waals surface area contributed by atoms with Crippen LogP contribution in [0, 0.1) is 0 Å². The zero-order valence-electron chi connectivity index (χ0n) is 19.7. The highest BCUT2D eigenvalue weighted by Crippen LogP contribution is 2.33. The van der Waals surface area contributed by atoms with Crippen molar-refractivity contribution in [3.63, 3.8) is 0 Å². The maximum atomic E-state index is 13.3. The molecule has 0 aromatic heterocycles. The number of alkyl halides is 3. The lowest BCUT2D eigenvalue weighted by molar-refractivity contribution is -0.137. The molecule has 36 heavy (non-hydrogen) atoms. The van der Waals surface area contributed by atoms with Crippen molar-refractivity contribution in [2.75, 3.05) is 27.2 Å². The summed E-state index contributed by atoms with van der Waals surface area (Å²) in [6.45, 7) is 2.40. The van der Waals surface area contributed by atoms with Gasteiger partial charge in [0.2, 0.25) is 0 Å². The smallest absolute Gasteiger partial charge is 0.349 e. The van der Waals surface area contributed by atoms with Crippen LogP contribution in [0.4, 0.5) is 18.0 Å². The minimum absolute atomic E-state index is 0.0945. The molecule has 0 radical (unpaired) electrons. The molecule has 2 aromatic carbocycles. The van der Waals surface area contributed by atoms with E-state index in [0.717, 1.165) is 12.1 Å². The maximum absolute atomic E-state index is 13.3. The van der Waals surface area contributed by atoms with Crippen LogP contribution in [0.1, 0.15) is 22.8 Å². The van der Waals surface area contributed by atoms with Gasteiger partial charge in [-0.15, -0.1) is 0 Å². The van der Waals surface area contributed by atoms with Crippen LogP contribution < -0.4 is 16.0 Å². The SMILES string of the molecule is CC1CN(C)C(C2(CNC(=O)c3cc(Cl)ccc3-c3ccc(C(F)(F)F)cc3)NC(=O)NC2=O)N1C. The van der Waals surface area contributed by atoms with Crippen molar-refractivity contribution in [3.8, 4) is 11.1 Å². The van der Waals surface area contributed by atoms with Gasteiger partial charge in [0.25, 0.3) is 11.8 Å². The van der Waals surface area contributed by atoms with Gasteiger partial charge in [-0.3, -0.25) is 24.7 Å². The summed E-state index contributed by atoms with van der Waals surface area (Å²) < 4.78 is 38.9. The molecule has 0 bridgehead atoms. The van der Waals surface area contributed by atoms with Crippen LogP contribution in [0.5, 0.6) is 0 Å². The van der Waals surface area contributed by atoms with Crippen LogP contribution >= 0.6 is 11.6 Å². The van der Waals surface area contributed by atoms with Gasteiger partial charge in [-0.1, -0.05) is 29.8 Å². The number of nitrogens with zero attached hydrogens (tertiary/aromatic N) is 2. The molecule has 192 valence electrons. The number of benzene rings is 2. The lowest BCUT2D eigenvalue weighted by Gasteiger charge is -2.39. The Labute approximate surface area is 210 Å².